The van der Waals surface area contributed by atoms with E-state index < -0.39 is 9.52 Å². The van der Waals surface area contributed by atoms with Gasteiger partial charge in [0.15, 0.2) is 0 Å². The first kappa shape index (κ1) is 27.7. The lowest BCUT2D eigenvalue weighted by Crippen LogP contribution is -2.21. The van der Waals surface area contributed by atoms with Gasteiger partial charge in [0, 0.05) is 51.3 Å². The summed E-state index contributed by atoms with van der Waals surface area (Å²) in [5, 5.41) is 12.9. The molecular formula is C23H29ClN4O4S2. The smallest absolute Gasteiger partial charge is 0.248 e. The number of aromatic nitrogens is 2. The number of aldehydes is 1. The number of fused-ring (bicyclic) bond motifs is 1. The van der Waals surface area contributed by atoms with E-state index in [2.05, 4.69) is 15.8 Å². The summed E-state index contributed by atoms with van der Waals surface area (Å²) in [5.41, 5.74) is 6.71. The summed E-state index contributed by atoms with van der Waals surface area (Å²) < 4.78 is 12.0. The molecule has 1 aromatic carbocycles. The minimum absolute atomic E-state index is 0.0278. The lowest BCUT2D eigenvalue weighted by molar-refractivity contribution is -0.159. The molecular weight excluding hydrogens is 496 g/mol. The Kier molecular flexibility index (Phi) is 9.99. The van der Waals surface area contributed by atoms with E-state index in [1.165, 1.54) is 11.3 Å². The monoisotopic (exact) mass is 524 g/mol. The van der Waals surface area contributed by atoms with Crippen LogP contribution in [0.2, 0.25) is 5.02 Å². The molecule has 184 valence electrons. The average Bonchev–Trinajstić information content (AvgIpc) is 3.35. The van der Waals surface area contributed by atoms with Crippen molar-refractivity contribution in [1.82, 2.24) is 15.0 Å². The standard InChI is InChI=1S/C12H11ClN2O.C6H9NOS2.C5H9NO2/c13-11-7-10-8(3-4-15-12(10)14)6-9(11)2-1-5-16;1-5-7-4-6(9-5)10(2,3)8;1-4-2-3-6(8)5(4)7/h3-7H,1-2H2,(H2,14,15);4H,2H2,1,3H3;4,8H,2-3H2,1H3. The molecule has 3 heterocycles. The molecule has 2 unspecified atom stereocenters. The van der Waals surface area contributed by atoms with Crippen LogP contribution in [-0.4, -0.2) is 55.3 Å². The quantitative estimate of drug-likeness (QED) is 0.300. The van der Waals surface area contributed by atoms with E-state index in [4.69, 9.17) is 22.5 Å². The zero-order chi connectivity index (χ0) is 25.5. The molecule has 1 aliphatic heterocycles. The van der Waals surface area contributed by atoms with Crippen molar-refractivity contribution in [2.24, 2.45) is 5.92 Å². The Hall–Kier alpha value is -2.53. The second kappa shape index (κ2) is 12.3. The van der Waals surface area contributed by atoms with Crippen molar-refractivity contribution in [3.63, 3.8) is 0 Å². The van der Waals surface area contributed by atoms with E-state index in [9.17, 15) is 13.8 Å². The fourth-order valence-electron chi connectivity index (χ4n) is 3.02. The van der Waals surface area contributed by atoms with Gasteiger partial charge in [-0.1, -0.05) is 18.5 Å². The fraction of sp³-hybridized carbons (Fsp3) is 0.348. The number of nitrogen functional groups attached to an aromatic ring is 1. The Morgan fingerprint density at radius 3 is 2.56 bits per heavy atom. The molecule has 34 heavy (non-hydrogen) atoms. The lowest BCUT2D eigenvalue weighted by Gasteiger charge is -2.06. The highest BCUT2D eigenvalue weighted by Gasteiger charge is 2.26. The Labute approximate surface area is 208 Å². The molecule has 0 radical (unpaired) electrons. The van der Waals surface area contributed by atoms with Crippen molar-refractivity contribution in [2.45, 2.75) is 37.3 Å². The summed E-state index contributed by atoms with van der Waals surface area (Å²) in [7, 11) is -2.03. The zero-order valence-corrected chi connectivity index (χ0v) is 21.8. The first-order valence-corrected chi connectivity index (χ1v) is 13.8. The number of carbonyl (C=O) groups excluding carboxylic acids is 2. The van der Waals surface area contributed by atoms with Crippen LogP contribution >= 0.6 is 22.9 Å². The molecule has 0 bridgehead atoms. The molecule has 3 N–H and O–H groups in total. The Bertz CT molecular complexity index is 1250. The maximum absolute atomic E-state index is 11.3. The minimum Gasteiger partial charge on any atom is -0.383 e. The number of benzene rings is 1. The maximum atomic E-state index is 11.3. The number of pyridine rings is 1. The molecule has 11 heteroatoms. The van der Waals surface area contributed by atoms with Crippen molar-refractivity contribution in [3.8, 4) is 0 Å². The third-order valence-electron chi connectivity index (χ3n) is 4.97. The number of halogens is 1. The number of anilines is 1. The molecule has 2 aromatic heterocycles. The van der Waals surface area contributed by atoms with Crippen LogP contribution in [-0.2, 0) is 25.5 Å². The SMILES string of the molecule is C=S(C)(=O)c1cnc(C)s1.CC1CCN(O)C1=O.Nc1nccc2cc(CCC=O)c(Cl)cc12. The number of thiazole rings is 1. The van der Waals surface area contributed by atoms with Crippen molar-refractivity contribution in [3.05, 3.63) is 46.2 Å². The largest absolute Gasteiger partial charge is 0.383 e. The van der Waals surface area contributed by atoms with Crippen molar-refractivity contribution >= 4 is 67.1 Å². The molecule has 1 saturated heterocycles. The van der Waals surface area contributed by atoms with Crippen LogP contribution in [0.4, 0.5) is 5.82 Å². The summed E-state index contributed by atoms with van der Waals surface area (Å²) >= 11 is 7.56. The number of hydrogen-bond donors (Lipinski definition) is 2. The van der Waals surface area contributed by atoms with Crippen LogP contribution in [0.5, 0.6) is 0 Å². The molecule has 0 aliphatic carbocycles. The van der Waals surface area contributed by atoms with E-state index in [0.29, 0.717) is 30.2 Å². The molecule has 1 amide bonds. The highest BCUT2D eigenvalue weighted by Crippen LogP contribution is 2.27. The first-order chi connectivity index (χ1) is 15.9. The van der Waals surface area contributed by atoms with Crippen molar-refractivity contribution < 1.29 is 19.0 Å². The number of nitrogens with two attached hydrogens (primary N) is 1. The second-order valence-corrected chi connectivity index (χ2v) is 12.3. The van der Waals surface area contributed by atoms with Gasteiger partial charge < -0.3 is 10.5 Å². The van der Waals surface area contributed by atoms with E-state index in [1.807, 2.05) is 26.0 Å². The van der Waals surface area contributed by atoms with Crippen LogP contribution in [0.25, 0.3) is 10.8 Å². The molecule has 4 rings (SSSR count). The van der Waals surface area contributed by atoms with Crippen molar-refractivity contribution in [1.29, 1.82) is 0 Å². The Balaban J connectivity index is 0.000000195. The molecule has 0 spiro atoms. The number of nitrogens with zero attached hydrogens (tertiary/aromatic N) is 3. The van der Waals surface area contributed by atoms with Gasteiger partial charge in [-0.05, 0) is 54.8 Å². The third-order valence-corrected chi connectivity index (χ3v) is 8.29. The molecule has 8 nitrogen and oxygen atoms in total. The van der Waals surface area contributed by atoms with Gasteiger partial charge in [-0.25, -0.2) is 15.0 Å². The molecule has 0 saturated carbocycles. The van der Waals surface area contributed by atoms with Crippen LogP contribution in [0.3, 0.4) is 0 Å². The van der Waals surface area contributed by atoms with Crippen LogP contribution in [0.1, 0.15) is 30.3 Å². The number of amides is 1. The topological polar surface area (TPSA) is 126 Å². The van der Waals surface area contributed by atoms with Gasteiger partial charge in [-0.15, -0.1) is 11.3 Å². The van der Waals surface area contributed by atoms with Gasteiger partial charge in [-0.3, -0.25) is 14.2 Å². The van der Waals surface area contributed by atoms with Gasteiger partial charge >= 0.3 is 0 Å². The van der Waals surface area contributed by atoms with Gasteiger partial charge in [0.25, 0.3) is 0 Å². The average molecular weight is 525 g/mol. The number of carbonyl (C=O) groups is 2. The van der Waals surface area contributed by atoms with Gasteiger partial charge in [0.05, 0.1) is 11.2 Å². The Morgan fingerprint density at radius 1 is 1.41 bits per heavy atom. The predicted octanol–water partition coefficient (Wildman–Crippen LogP) is 4.00. The zero-order valence-electron chi connectivity index (χ0n) is 19.4. The predicted molar refractivity (Wildman–Crippen MR) is 139 cm³/mol. The number of hydrogen-bond acceptors (Lipinski definition) is 8. The summed E-state index contributed by atoms with van der Waals surface area (Å²) in [6.07, 6.45) is 7.73. The van der Waals surface area contributed by atoms with Crippen LogP contribution in [0.15, 0.2) is 34.8 Å². The molecule has 3 aromatic rings. The molecule has 1 fully saturated rings. The van der Waals surface area contributed by atoms with E-state index in [-0.39, 0.29) is 11.8 Å². The summed E-state index contributed by atoms with van der Waals surface area (Å²) in [6, 6.07) is 5.64. The third kappa shape index (κ3) is 7.76. The van der Waals surface area contributed by atoms with Crippen LogP contribution in [0, 0.1) is 12.8 Å². The summed E-state index contributed by atoms with van der Waals surface area (Å²) in [5.74, 6) is 3.91. The highest BCUT2D eigenvalue weighted by molar-refractivity contribution is 8.01. The highest BCUT2D eigenvalue weighted by atomic mass is 35.5. The number of aryl methyl sites for hydroxylation is 2. The lowest BCUT2D eigenvalue weighted by atomic mass is 10.0. The number of hydroxylamine groups is 2. The molecule has 1 aliphatic rings. The van der Waals surface area contributed by atoms with E-state index in [0.717, 1.165) is 43.3 Å². The van der Waals surface area contributed by atoms with Gasteiger partial charge in [0.1, 0.15) is 16.3 Å². The summed E-state index contributed by atoms with van der Waals surface area (Å²) in [4.78, 5) is 28.9. The van der Waals surface area contributed by atoms with E-state index in [1.54, 1.807) is 24.7 Å². The van der Waals surface area contributed by atoms with Crippen LogP contribution < -0.4 is 5.73 Å². The Morgan fingerprint density at radius 2 is 2.12 bits per heavy atom. The minimum atomic E-state index is -2.03. The first-order valence-electron chi connectivity index (χ1n) is 10.4. The summed E-state index contributed by atoms with van der Waals surface area (Å²) in [6.45, 7) is 4.21. The fourth-order valence-corrected chi connectivity index (χ4v) is 5.12. The second-order valence-electron chi connectivity index (χ2n) is 7.92. The van der Waals surface area contributed by atoms with Gasteiger partial charge in [-0.2, -0.15) is 0 Å². The normalized spacial score (nSPS) is 16.8. The van der Waals surface area contributed by atoms with Crippen molar-refractivity contribution in [2.75, 3.05) is 18.5 Å². The van der Waals surface area contributed by atoms with Gasteiger partial charge in [0.2, 0.25) is 5.91 Å². The maximum Gasteiger partial charge on any atom is 0.248 e. The number of rotatable bonds is 4. The van der Waals surface area contributed by atoms with E-state index >= 15 is 0 Å². The molecule has 2 atom stereocenters.